The fourth-order valence-electron chi connectivity index (χ4n) is 8.06. The number of azo groups is 3. The van der Waals surface area contributed by atoms with Crippen molar-refractivity contribution in [3.05, 3.63) is 234 Å². The molecule has 12 heteroatoms. The maximum absolute atomic E-state index is 14.5. The molecule has 0 N–H and O–H groups in total. The summed E-state index contributed by atoms with van der Waals surface area (Å²) in [6.45, 7) is 5.77. The van der Waals surface area contributed by atoms with Crippen molar-refractivity contribution in [2.45, 2.75) is 20.8 Å². The zero-order chi connectivity index (χ0) is 49.6. The highest BCUT2D eigenvalue weighted by molar-refractivity contribution is 6.05. The minimum absolute atomic E-state index is 0.0905. The number of aryl methyl sites for hydroxylation is 3. The lowest BCUT2D eigenvalue weighted by Gasteiger charge is -2.13. The van der Waals surface area contributed by atoms with E-state index in [0.717, 1.165) is 32.8 Å². The molecule has 0 bridgehead atoms. The first-order chi connectivity index (χ1) is 35.2. The van der Waals surface area contributed by atoms with Gasteiger partial charge in [-0.2, -0.15) is 15.3 Å². The Morgan fingerprint density at radius 2 is 0.569 bits per heavy atom. The summed E-state index contributed by atoms with van der Waals surface area (Å²) in [6.07, 6.45) is 0. The number of benzene rings is 10. The lowest BCUT2D eigenvalue weighted by Crippen LogP contribution is -2.17. The molecule has 0 amide bonds. The van der Waals surface area contributed by atoms with E-state index in [1.165, 1.54) is 18.2 Å². The first kappa shape index (κ1) is 45.9. The molecule has 0 atom stereocenters. The zero-order valence-corrected chi connectivity index (χ0v) is 39.2. The van der Waals surface area contributed by atoms with Crippen LogP contribution in [0.15, 0.2) is 231 Å². The monoisotopic (exact) mass is 942 g/mol. The molecule has 12 nitrogen and oxygen atoms in total. The molecule has 348 valence electrons. The number of hydrogen-bond donors (Lipinski definition) is 0. The third-order valence-corrected chi connectivity index (χ3v) is 12.0. The van der Waals surface area contributed by atoms with E-state index in [1.54, 1.807) is 36.4 Å². The fourth-order valence-corrected chi connectivity index (χ4v) is 8.06. The molecule has 0 heterocycles. The van der Waals surface area contributed by atoms with Crippen LogP contribution in [0.2, 0.25) is 0 Å². The maximum atomic E-state index is 14.5. The molecule has 0 aromatic heterocycles. The summed E-state index contributed by atoms with van der Waals surface area (Å²) in [5.41, 5.74) is 5.01. The lowest BCUT2D eigenvalue weighted by atomic mass is 10.0. The van der Waals surface area contributed by atoms with Crippen LogP contribution in [0.5, 0.6) is 17.2 Å². The smallest absolute Gasteiger partial charge is 0.343 e. The van der Waals surface area contributed by atoms with E-state index in [2.05, 4.69) is 30.7 Å². The molecule has 0 aliphatic heterocycles. The summed E-state index contributed by atoms with van der Waals surface area (Å²) < 4.78 is 18.3. The number of nitrogens with zero attached hydrogens (tertiary/aromatic N) is 6. The Bertz CT molecular complexity index is 3460. The van der Waals surface area contributed by atoms with E-state index in [-0.39, 0.29) is 33.9 Å². The van der Waals surface area contributed by atoms with Crippen LogP contribution >= 0.6 is 0 Å². The highest BCUT2D eigenvalue weighted by Crippen LogP contribution is 2.41. The molecule has 10 aromatic carbocycles. The van der Waals surface area contributed by atoms with E-state index < -0.39 is 17.9 Å². The second-order valence-electron chi connectivity index (χ2n) is 16.8. The third-order valence-electron chi connectivity index (χ3n) is 12.0. The van der Waals surface area contributed by atoms with Gasteiger partial charge in [0, 0.05) is 16.2 Å². The molecule has 0 saturated heterocycles. The van der Waals surface area contributed by atoms with Crippen LogP contribution in [-0.4, -0.2) is 17.9 Å². The number of rotatable bonds is 12. The molecule has 0 radical (unpaired) electrons. The molecule has 0 spiro atoms. The minimum atomic E-state index is -0.904. The fraction of sp³-hybridized carbons (Fsp3) is 0.0500. The van der Waals surface area contributed by atoms with Gasteiger partial charge in [-0.1, -0.05) is 146 Å². The van der Waals surface area contributed by atoms with Gasteiger partial charge in [0.15, 0.2) is 17.2 Å². The van der Waals surface area contributed by atoms with Gasteiger partial charge < -0.3 is 14.2 Å². The van der Waals surface area contributed by atoms with E-state index in [9.17, 15) is 14.4 Å². The first-order valence-electron chi connectivity index (χ1n) is 23.0. The van der Waals surface area contributed by atoms with E-state index >= 15 is 0 Å². The molecule has 72 heavy (non-hydrogen) atoms. The minimum Gasteiger partial charge on any atom is -0.421 e. The predicted octanol–water partition coefficient (Wildman–Crippen LogP) is 17.0. The Kier molecular flexibility index (Phi) is 13.0. The average molecular weight is 943 g/mol. The van der Waals surface area contributed by atoms with Crippen LogP contribution in [-0.2, 0) is 0 Å². The Labute approximate surface area is 413 Å². The number of esters is 3. The highest BCUT2D eigenvalue weighted by atomic mass is 16.5. The second-order valence-corrected chi connectivity index (χ2v) is 16.8. The van der Waals surface area contributed by atoms with Gasteiger partial charge in [-0.05, 0) is 108 Å². The number of hydrogen-bond acceptors (Lipinski definition) is 12. The van der Waals surface area contributed by atoms with Crippen LogP contribution < -0.4 is 14.2 Å². The van der Waals surface area contributed by atoms with Gasteiger partial charge in [-0.25, -0.2) is 14.4 Å². The van der Waals surface area contributed by atoms with Gasteiger partial charge in [0.25, 0.3) is 0 Å². The summed E-state index contributed by atoms with van der Waals surface area (Å²) in [5, 5.41) is 31.9. The molecule has 0 fully saturated rings. The molecule has 10 rings (SSSR count). The molecular formula is C60H42N6O6. The highest BCUT2D eigenvalue weighted by Gasteiger charge is 2.24. The molecule has 0 aliphatic carbocycles. The van der Waals surface area contributed by atoms with Gasteiger partial charge in [0.1, 0.15) is 17.1 Å². The van der Waals surface area contributed by atoms with Crippen molar-refractivity contribution < 1.29 is 28.6 Å². The lowest BCUT2D eigenvalue weighted by molar-refractivity contribution is 0.0735. The number of ether oxygens (including phenoxy) is 3. The van der Waals surface area contributed by atoms with Crippen LogP contribution in [0.1, 0.15) is 47.8 Å². The largest absolute Gasteiger partial charge is 0.421 e. The van der Waals surface area contributed by atoms with E-state index in [1.807, 2.05) is 166 Å². The summed E-state index contributed by atoms with van der Waals surface area (Å²) >= 11 is 0. The standard InChI is InChI=1S/C60H42N6O6/c1-37-16-4-13-25-49(37)61-64-55-46-22-10-7-19-40(46)28-31-52(55)70-58(67)43-34-44(59(68)71-53-32-29-41-20-8-11-23-47(41)56(53)65-62-50-26-14-5-17-38(50)2)36-45(35-43)60(69)72-54-33-30-42-21-9-12-24-48(42)57(54)66-63-51-27-15-6-18-39(51)3/h4-36H,1-3H3/b64-61+,65-62+,66-63+. The molecule has 0 aliphatic rings. The number of carbonyl (C=O) groups excluding carboxylic acids is 3. The molecular weight excluding hydrogens is 901 g/mol. The Morgan fingerprint density at radius 3 is 0.861 bits per heavy atom. The maximum Gasteiger partial charge on any atom is 0.343 e. The Hall–Kier alpha value is -9.81. The van der Waals surface area contributed by atoms with Crippen LogP contribution in [0.4, 0.5) is 34.1 Å². The van der Waals surface area contributed by atoms with Crippen molar-refractivity contribution in [3.8, 4) is 17.2 Å². The Balaban J connectivity index is 1.05. The van der Waals surface area contributed by atoms with Gasteiger partial charge in [-0.15, -0.1) is 15.3 Å². The normalized spacial score (nSPS) is 11.5. The van der Waals surface area contributed by atoms with E-state index in [4.69, 9.17) is 14.2 Å². The van der Waals surface area contributed by atoms with Gasteiger partial charge in [0.2, 0.25) is 0 Å². The van der Waals surface area contributed by atoms with Crippen molar-refractivity contribution in [1.29, 1.82) is 0 Å². The van der Waals surface area contributed by atoms with Crippen LogP contribution in [0.3, 0.4) is 0 Å². The van der Waals surface area contributed by atoms with E-state index in [0.29, 0.717) is 50.3 Å². The van der Waals surface area contributed by atoms with Crippen molar-refractivity contribution >= 4 is 84.3 Å². The SMILES string of the molecule is Cc1ccccc1/N=N/c1c(OC(=O)c2cc(C(=O)Oc3ccc4ccccc4c3/N=N/c3ccccc3C)cc(C(=O)Oc3ccc4ccccc4c3/N=N/c3ccccc3C)c2)ccc2ccccc12. The van der Waals surface area contributed by atoms with Crippen molar-refractivity contribution in [3.63, 3.8) is 0 Å². The second kappa shape index (κ2) is 20.4. The predicted molar refractivity (Wildman–Crippen MR) is 279 cm³/mol. The zero-order valence-electron chi connectivity index (χ0n) is 39.2. The molecule has 0 saturated carbocycles. The first-order valence-corrected chi connectivity index (χ1v) is 23.0. The average Bonchev–Trinajstić information content (AvgIpc) is 3.40. The quantitative estimate of drug-likeness (QED) is 0.0675. The molecule has 0 unspecified atom stereocenters. The van der Waals surface area contributed by atoms with Crippen molar-refractivity contribution in [2.24, 2.45) is 30.7 Å². The topological polar surface area (TPSA) is 153 Å². The van der Waals surface area contributed by atoms with Crippen molar-refractivity contribution in [2.75, 3.05) is 0 Å². The van der Waals surface area contributed by atoms with Crippen LogP contribution in [0.25, 0.3) is 32.3 Å². The number of carbonyl (C=O) groups is 3. The molecule has 10 aromatic rings. The summed E-state index contributed by atoms with van der Waals surface area (Å²) in [5.74, 6) is -2.44. The van der Waals surface area contributed by atoms with Crippen LogP contribution in [0, 0.1) is 20.8 Å². The number of fused-ring (bicyclic) bond motifs is 3. The van der Waals surface area contributed by atoms with Gasteiger partial charge in [0.05, 0.1) is 33.8 Å². The summed E-state index contributed by atoms with van der Waals surface area (Å²) in [4.78, 5) is 43.6. The van der Waals surface area contributed by atoms with Gasteiger partial charge >= 0.3 is 17.9 Å². The third kappa shape index (κ3) is 9.87. The summed E-state index contributed by atoms with van der Waals surface area (Å²) in [6, 6.07) is 59.3. The van der Waals surface area contributed by atoms with Crippen molar-refractivity contribution in [1.82, 2.24) is 0 Å². The van der Waals surface area contributed by atoms with Gasteiger partial charge in [-0.3, -0.25) is 0 Å². The Morgan fingerprint density at radius 1 is 0.306 bits per heavy atom. The summed E-state index contributed by atoms with van der Waals surface area (Å²) in [7, 11) is 0.